The zero-order valence-electron chi connectivity index (χ0n) is 16.4. The van der Waals surface area contributed by atoms with E-state index in [9.17, 15) is 32.7 Å². The summed E-state index contributed by atoms with van der Waals surface area (Å²) in [4.78, 5) is 36.1. The van der Waals surface area contributed by atoms with Gasteiger partial charge in [0.15, 0.2) is 5.78 Å². The zero-order valence-corrected chi connectivity index (χ0v) is 16.4. The van der Waals surface area contributed by atoms with E-state index in [2.05, 4.69) is 0 Å². The maximum absolute atomic E-state index is 14.1. The number of hydrogen-bond acceptors (Lipinski definition) is 4. The number of rotatable bonds is 7. The summed E-state index contributed by atoms with van der Waals surface area (Å²) in [5.74, 6) is -6.14. The van der Waals surface area contributed by atoms with Crippen molar-refractivity contribution in [1.82, 2.24) is 4.57 Å². The molecule has 0 atom stereocenters. The predicted octanol–water partition coefficient (Wildman–Crippen LogP) is 3.61. The number of benzene rings is 2. The molecule has 32 heavy (non-hydrogen) atoms. The van der Waals surface area contributed by atoms with E-state index < -0.39 is 46.1 Å². The van der Waals surface area contributed by atoms with Gasteiger partial charge in [-0.05, 0) is 41.0 Å². The van der Waals surface area contributed by atoms with Crippen LogP contribution in [0, 0.1) is 17.5 Å². The quantitative estimate of drug-likeness (QED) is 0.330. The Labute approximate surface area is 179 Å². The van der Waals surface area contributed by atoms with E-state index in [4.69, 9.17) is 5.11 Å². The third-order valence-corrected chi connectivity index (χ3v) is 4.57. The number of halogens is 3. The number of carbonyl (C=O) groups excluding carboxylic acids is 1. The highest BCUT2D eigenvalue weighted by molar-refractivity contribution is 6.07. The number of carbonyl (C=O) groups is 2. The molecule has 9 heteroatoms. The fourth-order valence-corrected chi connectivity index (χ4v) is 3.02. The molecule has 0 bridgehead atoms. The van der Waals surface area contributed by atoms with Crippen LogP contribution in [0.4, 0.5) is 13.2 Å². The molecule has 0 amide bonds. The number of aromatic nitrogens is 1. The van der Waals surface area contributed by atoms with Crippen LogP contribution in [0.25, 0.3) is 0 Å². The molecule has 164 valence electrons. The van der Waals surface area contributed by atoms with Crippen LogP contribution >= 0.6 is 0 Å². The van der Waals surface area contributed by atoms with Crippen LogP contribution in [0.5, 0.6) is 0 Å². The van der Waals surface area contributed by atoms with E-state index in [1.165, 1.54) is 36.5 Å². The second-order valence-electron chi connectivity index (χ2n) is 6.93. The van der Waals surface area contributed by atoms with Gasteiger partial charge in [0.25, 0.3) is 5.56 Å². The van der Waals surface area contributed by atoms with Gasteiger partial charge in [0.2, 0.25) is 5.76 Å². The Hall–Kier alpha value is -4.14. The first-order chi connectivity index (χ1) is 15.1. The number of carboxylic acids is 1. The number of nitrogens with zero attached hydrogens (tertiary/aromatic N) is 1. The molecule has 0 spiro atoms. The topological polar surface area (TPSA) is 96.6 Å². The number of allylic oxidation sites excluding steroid dienone is 1. The van der Waals surface area contributed by atoms with Gasteiger partial charge in [-0.1, -0.05) is 18.2 Å². The highest BCUT2D eigenvalue weighted by atomic mass is 19.1. The Kier molecular flexibility index (Phi) is 6.58. The van der Waals surface area contributed by atoms with Gasteiger partial charge in [0.1, 0.15) is 17.5 Å². The maximum atomic E-state index is 14.1. The zero-order chi connectivity index (χ0) is 23.4. The highest BCUT2D eigenvalue weighted by Gasteiger charge is 2.17. The van der Waals surface area contributed by atoms with Crippen LogP contribution in [-0.2, 0) is 17.8 Å². The lowest BCUT2D eigenvalue weighted by Gasteiger charge is -2.12. The van der Waals surface area contributed by atoms with Crippen LogP contribution in [-0.4, -0.2) is 26.5 Å². The van der Waals surface area contributed by atoms with Crippen molar-refractivity contribution in [2.24, 2.45) is 0 Å². The highest BCUT2D eigenvalue weighted by Crippen LogP contribution is 2.16. The third-order valence-electron chi connectivity index (χ3n) is 4.57. The molecule has 0 fully saturated rings. The molecule has 6 nitrogen and oxygen atoms in total. The minimum absolute atomic E-state index is 0.0617. The SMILES string of the molecule is O=C(O)/C(O)=C/C(=O)c1cc(Cc2ccc(F)cc2F)cn(Cc2ccc(F)cc2)c1=O. The van der Waals surface area contributed by atoms with E-state index in [-0.39, 0.29) is 18.5 Å². The first-order valence-corrected chi connectivity index (χ1v) is 9.24. The van der Waals surface area contributed by atoms with E-state index >= 15 is 0 Å². The lowest BCUT2D eigenvalue weighted by Crippen LogP contribution is -2.27. The molecular weight excluding hydrogens is 427 g/mol. The molecule has 3 aromatic rings. The lowest BCUT2D eigenvalue weighted by molar-refractivity contribution is -0.135. The number of hydrogen-bond donors (Lipinski definition) is 2. The van der Waals surface area contributed by atoms with Gasteiger partial charge in [-0.25, -0.2) is 18.0 Å². The number of aliphatic hydroxyl groups is 1. The van der Waals surface area contributed by atoms with E-state index in [1.807, 2.05) is 0 Å². The maximum Gasteiger partial charge on any atom is 0.371 e. The second-order valence-corrected chi connectivity index (χ2v) is 6.93. The van der Waals surface area contributed by atoms with Crippen LogP contribution < -0.4 is 5.56 Å². The second kappa shape index (κ2) is 9.34. The van der Waals surface area contributed by atoms with Crippen molar-refractivity contribution in [2.45, 2.75) is 13.0 Å². The Morgan fingerprint density at radius 1 is 0.906 bits per heavy atom. The van der Waals surface area contributed by atoms with E-state index in [0.717, 1.165) is 16.7 Å². The number of pyridine rings is 1. The standard InChI is InChI=1S/C23H16F3NO5/c24-16-4-1-13(2-5-16)11-27-12-14(7-15-3-6-17(25)9-19(15)26)8-18(22(27)30)20(28)10-21(29)23(31)32/h1-6,8-10,12,29H,7,11H2,(H,31,32)/b21-10-. The van der Waals surface area contributed by atoms with Crippen LogP contribution in [0.2, 0.25) is 0 Å². The molecule has 1 aromatic heterocycles. The molecule has 0 saturated carbocycles. The number of ketones is 1. The molecule has 0 aliphatic heterocycles. The minimum atomic E-state index is -1.76. The molecule has 0 radical (unpaired) electrons. The van der Waals surface area contributed by atoms with Crippen molar-refractivity contribution < 1.29 is 33.0 Å². The van der Waals surface area contributed by atoms with Crippen molar-refractivity contribution in [3.8, 4) is 0 Å². The first-order valence-electron chi connectivity index (χ1n) is 9.24. The van der Waals surface area contributed by atoms with Gasteiger partial charge in [-0.15, -0.1) is 0 Å². The molecule has 2 aromatic carbocycles. The average molecular weight is 443 g/mol. The summed E-state index contributed by atoms with van der Waals surface area (Å²) in [6.45, 7) is -0.0617. The fraction of sp³-hybridized carbons (Fsp3) is 0.0870. The van der Waals surface area contributed by atoms with Crippen molar-refractivity contribution in [3.05, 3.63) is 117 Å². The molecule has 2 N–H and O–H groups in total. The lowest BCUT2D eigenvalue weighted by atomic mass is 10.0. The van der Waals surface area contributed by atoms with Gasteiger partial charge in [-0.3, -0.25) is 9.59 Å². The molecule has 3 rings (SSSR count). The van der Waals surface area contributed by atoms with Crippen molar-refractivity contribution in [2.75, 3.05) is 0 Å². The van der Waals surface area contributed by atoms with Gasteiger partial charge in [0, 0.05) is 24.8 Å². The summed E-state index contributed by atoms with van der Waals surface area (Å²) in [6.07, 6.45) is 1.65. The number of aliphatic hydroxyl groups excluding tert-OH is 1. The molecule has 1 heterocycles. The Morgan fingerprint density at radius 2 is 1.56 bits per heavy atom. The molecule has 0 aliphatic carbocycles. The summed E-state index contributed by atoms with van der Waals surface area (Å²) >= 11 is 0. The third kappa shape index (κ3) is 5.31. The molecule has 0 unspecified atom stereocenters. The summed E-state index contributed by atoms with van der Waals surface area (Å²) in [5, 5.41) is 18.1. The predicted molar refractivity (Wildman–Crippen MR) is 108 cm³/mol. The van der Waals surface area contributed by atoms with Crippen molar-refractivity contribution in [3.63, 3.8) is 0 Å². The Balaban J connectivity index is 2.08. The molecular formula is C23H16F3NO5. The summed E-state index contributed by atoms with van der Waals surface area (Å²) < 4.78 is 41.6. The van der Waals surface area contributed by atoms with Crippen molar-refractivity contribution in [1.29, 1.82) is 0 Å². The Morgan fingerprint density at radius 3 is 2.19 bits per heavy atom. The van der Waals surface area contributed by atoms with Crippen molar-refractivity contribution >= 4 is 11.8 Å². The number of carboxylic acid groups (broad SMARTS) is 1. The van der Waals surface area contributed by atoms with Gasteiger partial charge < -0.3 is 14.8 Å². The molecule has 0 aliphatic rings. The monoisotopic (exact) mass is 443 g/mol. The van der Waals surface area contributed by atoms with Crippen LogP contribution in [0.3, 0.4) is 0 Å². The smallest absolute Gasteiger partial charge is 0.371 e. The number of aliphatic carboxylic acids is 1. The fourth-order valence-electron chi connectivity index (χ4n) is 3.02. The molecule has 0 saturated heterocycles. The largest absolute Gasteiger partial charge is 0.502 e. The van der Waals surface area contributed by atoms with Gasteiger partial charge >= 0.3 is 5.97 Å². The van der Waals surface area contributed by atoms with Gasteiger partial charge in [-0.2, -0.15) is 0 Å². The van der Waals surface area contributed by atoms with Gasteiger partial charge in [0.05, 0.1) is 12.1 Å². The Bertz CT molecular complexity index is 1280. The van der Waals surface area contributed by atoms with E-state index in [0.29, 0.717) is 23.3 Å². The minimum Gasteiger partial charge on any atom is -0.502 e. The van der Waals surface area contributed by atoms with Crippen LogP contribution in [0.15, 0.2) is 71.4 Å². The summed E-state index contributed by atoms with van der Waals surface area (Å²) in [6, 6.07) is 9.39. The normalized spacial score (nSPS) is 11.4. The van der Waals surface area contributed by atoms with E-state index in [1.54, 1.807) is 0 Å². The summed E-state index contributed by atoms with van der Waals surface area (Å²) in [7, 11) is 0. The van der Waals surface area contributed by atoms with Crippen LogP contribution in [0.1, 0.15) is 27.0 Å². The average Bonchev–Trinajstić information content (AvgIpc) is 2.73. The first kappa shape index (κ1) is 22.5. The summed E-state index contributed by atoms with van der Waals surface area (Å²) in [5.41, 5.74) is -0.331.